The summed E-state index contributed by atoms with van der Waals surface area (Å²) in [6.07, 6.45) is 0. The molecule has 0 unspecified atom stereocenters. The van der Waals surface area contributed by atoms with E-state index in [1.54, 1.807) is 56.3 Å². The van der Waals surface area contributed by atoms with E-state index in [0.29, 0.717) is 27.4 Å². The second kappa shape index (κ2) is 6.78. The van der Waals surface area contributed by atoms with E-state index >= 15 is 0 Å². The van der Waals surface area contributed by atoms with Crippen LogP contribution in [0.1, 0.15) is 13.8 Å². The molecule has 25 heavy (non-hydrogen) atoms. The summed E-state index contributed by atoms with van der Waals surface area (Å²) in [5.74, 6) is 0.415. The number of rotatable bonds is 4. The summed E-state index contributed by atoms with van der Waals surface area (Å²) in [6.45, 7) is 3.29. The maximum Gasteiger partial charge on any atom is 0.224 e. The van der Waals surface area contributed by atoms with Crippen molar-refractivity contribution in [3.63, 3.8) is 0 Å². The zero-order chi connectivity index (χ0) is 18.2. The summed E-state index contributed by atoms with van der Waals surface area (Å²) in [6, 6.07) is 11.8. The Labute approximate surface area is 155 Å². The Bertz CT molecular complexity index is 1050. The summed E-state index contributed by atoms with van der Waals surface area (Å²) in [7, 11) is -3.46. The zero-order valence-corrected chi connectivity index (χ0v) is 15.8. The van der Waals surface area contributed by atoms with Crippen LogP contribution in [-0.4, -0.2) is 23.6 Å². The highest BCUT2D eigenvalue weighted by Crippen LogP contribution is 2.31. The van der Waals surface area contributed by atoms with Crippen molar-refractivity contribution in [2.45, 2.75) is 24.0 Å². The van der Waals surface area contributed by atoms with Gasteiger partial charge in [-0.25, -0.2) is 13.4 Å². The van der Waals surface area contributed by atoms with E-state index in [2.05, 4.69) is 15.3 Å². The van der Waals surface area contributed by atoms with Crippen LogP contribution in [-0.2, 0) is 9.84 Å². The van der Waals surface area contributed by atoms with E-state index in [4.69, 9.17) is 23.2 Å². The van der Waals surface area contributed by atoms with Crippen molar-refractivity contribution >= 4 is 55.4 Å². The average molecular weight is 396 g/mol. The van der Waals surface area contributed by atoms with Crippen LogP contribution in [0.25, 0.3) is 10.9 Å². The molecule has 1 heterocycles. The number of fused-ring (bicyclic) bond motifs is 1. The third-order valence-electron chi connectivity index (χ3n) is 3.70. The minimum absolute atomic E-state index is 0.0430. The topological polar surface area (TPSA) is 72.0 Å². The highest BCUT2D eigenvalue weighted by molar-refractivity contribution is 7.92. The molecule has 0 aliphatic carbocycles. The minimum atomic E-state index is -3.46. The van der Waals surface area contributed by atoms with E-state index < -0.39 is 15.1 Å². The molecule has 0 spiro atoms. The fourth-order valence-corrected chi connectivity index (χ4v) is 3.91. The number of benzene rings is 2. The Hall–Kier alpha value is -1.89. The van der Waals surface area contributed by atoms with Gasteiger partial charge in [-0.3, -0.25) is 0 Å². The minimum Gasteiger partial charge on any atom is -0.339 e. The van der Waals surface area contributed by atoms with Gasteiger partial charge in [0.25, 0.3) is 0 Å². The van der Waals surface area contributed by atoms with Gasteiger partial charge in [-0.1, -0.05) is 23.7 Å². The molecule has 3 rings (SSSR count). The molecule has 0 fully saturated rings. The van der Waals surface area contributed by atoms with Crippen molar-refractivity contribution in [3.8, 4) is 0 Å². The first-order chi connectivity index (χ1) is 11.8. The molecule has 2 aromatic carbocycles. The molecule has 0 saturated heterocycles. The number of nitrogens with zero attached hydrogens (tertiary/aromatic N) is 2. The molecule has 0 radical (unpaired) electrons. The molecule has 0 bridgehead atoms. The Balaban J connectivity index is 2.15. The van der Waals surface area contributed by atoms with Gasteiger partial charge in [0.05, 0.1) is 21.3 Å². The Kier molecular flexibility index (Phi) is 4.86. The van der Waals surface area contributed by atoms with Gasteiger partial charge in [0.15, 0.2) is 9.84 Å². The molecule has 1 aromatic heterocycles. The van der Waals surface area contributed by atoms with Gasteiger partial charge in [0, 0.05) is 10.4 Å². The van der Waals surface area contributed by atoms with E-state index in [9.17, 15) is 8.42 Å². The van der Waals surface area contributed by atoms with Crippen LogP contribution >= 0.6 is 23.2 Å². The molecule has 130 valence electrons. The molecule has 1 N–H and O–H groups in total. The van der Waals surface area contributed by atoms with Gasteiger partial charge in [-0.05, 0) is 55.8 Å². The van der Waals surface area contributed by atoms with Crippen molar-refractivity contribution in [1.82, 2.24) is 9.97 Å². The standard InChI is InChI=1S/C17H15Cl2N3O2S/c1-10(2)25(23,24)15-6-4-3-5-13(15)20-16-12-8-7-11(18)9-14(12)21-17(19)22-16/h3-10H,1-2H3,(H,20,21,22). The maximum absolute atomic E-state index is 12.6. The first-order valence-electron chi connectivity index (χ1n) is 7.52. The molecule has 3 aromatic rings. The van der Waals surface area contributed by atoms with Crippen molar-refractivity contribution in [3.05, 3.63) is 52.8 Å². The average Bonchev–Trinajstić information content (AvgIpc) is 2.54. The van der Waals surface area contributed by atoms with E-state index in [1.807, 2.05) is 0 Å². The number of halogens is 2. The van der Waals surface area contributed by atoms with Gasteiger partial charge in [-0.2, -0.15) is 4.98 Å². The quantitative estimate of drug-likeness (QED) is 0.638. The zero-order valence-electron chi connectivity index (χ0n) is 13.5. The predicted octanol–water partition coefficient (Wildman–Crippen LogP) is 4.86. The first-order valence-corrected chi connectivity index (χ1v) is 9.82. The molecular formula is C17H15Cl2N3O2S. The summed E-state index contributed by atoms with van der Waals surface area (Å²) in [5, 5.41) is 3.79. The lowest BCUT2D eigenvalue weighted by atomic mass is 10.2. The Morgan fingerprint density at radius 1 is 1.04 bits per heavy atom. The Morgan fingerprint density at radius 2 is 1.76 bits per heavy atom. The maximum atomic E-state index is 12.6. The molecular weight excluding hydrogens is 381 g/mol. The summed E-state index contributed by atoms with van der Waals surface area (Å²) < 4.78 is 25.2. The lowest BCUT2D eigenvalue weighted by Crippen LogP contribution is -2.15. The van der Waals surface area contributed by atoms with Crippen LogP contribution in [0.15, 0.2) is 47.4 Å². The molecule has 5 nitrogen and oxygen atoms in total. The van der Waals surface area contributed by atoms with Crippen LogP contribution in [0.4, 0.5) is 11.5 Å². The van der Waals surface area contributed by atoms with Gasteiger partial charge in [0.1, 0.15) is 5.82 Å². The van der Waals surface area contributed by atoms with Crippen molar-refractivity contribution in [1.29, 1.82) is 0 Å². The Morgan fingerprint density at radius 3 is 2.48 bits per heavy atom. The normalized spacial score (nSPS) is 11.9. The van der Waals surface area contributed by atoms with Crippen LogP contribution in [0.5, 0.6) is 0 Å². The van der Waals surface area contributed by atoms with Crippen LogP contribution in [0, 0.1) is 0 Å². The molecule has 0 atom stereocenters. The monoisotopic (exact) mass is 395 g/mol. The summed E-state index contributed by atoms with van der Waals surface area (Å²) in [5.41, 5.74) is 1.00. The molecule has 0 aliphatic heterocycles. The van der Waals surface area contributed by atoms with Crippen molar-refractivity contribution in [2.24, 2.45) is 0 Å². The van der Waals surface area contributed by atoms with Crippen molar-refractivity contribution in [2.75, 3.05) is 5.32 Å². The number of sulfone groups is 1. The molecule has 8 heteroatoms. The highest BCUT2D eigenvalue weighted by Gasteiger charge is 2.23. The van der Waals surface area contributed by atoms with Gasteiger partial charge >= 0.3 is 0 Å². The highest BCUT2D eigenvalue weighted by atomic mass is 35.5. The lowest BCUT2D eigenvalue weighted by molar-refractivity contribution is 0.588. The second-order valence-corrected chi connectivity index (χ2v) is 8.96. The van der Waals surface area contributed by atoms with Crippen molar-refractivity contribution < 1.29 is 8.42 Å². The number of aromatic nitrogens is 2. The van der Waals surface area contributed by atoms with Gasteiger partial charge in [-0.15, -0.1) is 0 Å². The van der Waals surface area contributed by atoms with E-state index in [-0.39, 0.29) is 10.2 Å². The lowest BCUT2D eigenvalue weighted by Gasteiger charge is -2.15. The number of hydrogen-bond donors (Lipinski definition) is 1. The molecule has 0 aliphatic rings. The third-order valence-corrected chi connectivity index (χ3v) is 6.31. The summed E-state index contributed by atoms with van der Waals surface area (Å²) in [4.78, 5) is 8.56. The first kappa shape index (κ1) is 17.9. The predicted molar refractivity (Wildman–Crippen MR) is 102 cm³/mol. The number of nitrogens with one attached hydrogen (secondary N) is 1. The van der Waals surface area contributed by atoms with Crippen LogP contribution in [0.3, 0.4) is 0 Å². The van der Waals surface area contributed by atoms with Gasteiger partial charge < -0.3 is 5.32 Å². The van der Waals surface area contributed by atoms with Crippen LogP contribution < -0.4 is 5.32 Å². The fourth-order valence-electron chi connectivity index (χ4n) is 2.37. The molecule has 0 saturated carbocycles. The van der Waals surface area contributed by atoms with Gasteiger partial charge in [0.2, 0.25) is 5.28 Å². The third kappa shape index (κ3) is 3.56. The summed E-state index contributed by atoms with van der Waals surface area (Å²) >= 11 is 12.0. The number of para-hydroxylation sites is 1. The smallest absolute Gasteiger partial charge is 0.224 e. The number of anilines is 2. The largest absolute Gasteiger partial charge is 0.339 e. The second-order valence-electron chi connectivity index (χ2n) is 5.72. The number of hydrogen-bond acceptors (Lipinski definition) is 5. The van der Waals surface area contributed by atoms with Crippen LogP contribution in [0.2, 0.25) is 10.3 Å². The molecule has 0 amide bonds. The SMILES string of the molecule is CC(C)S(=O)(=O)c1ccccc1Nc1nc(Cl)nc2cc(Cl)ccc12. The fraction of sp³-hybridized carbons (Fsp3) is 0.176. The van der Waals surface area contributed by atoms with E-state index in [0.717, 1.165) is 0 Å². The van der Waals surface area contributed by atoms with E-state index in [1.165, 1.54) is 0 Å².